The van der Waals surface area contributed by atoms with Gasteiger partial charge in [0.15, 0.2) is 24.1 Å². The molecule has 2 aliphatic heterocycles. The molecule has 3 heteroatoms. The Labute approximate surface area is 251 Å². The number of hydrogen-bond donors (Lipinski definition) is 0. The normalized spacial score (nSPS) is 19.5. The maximum atomic E-state index is 16.0. The highest BCUT2D eigenvalue weighted by Crippen LogP contribution is 2.55. The van der Waals surface area contributed by atoms with E-state index in [1.807, 2.05) is 0 Å². The van der Waals surface area contributed by atoms with Crippen molar-refractivity contribution in [3.05, 3.63) is 138 Å². The van der Waals surface area contributed by atoms with Crippen LogP contribution in [0.3, 0.4) is 0 Å². The van der Waals surface area contributed by atoms with Gasteiger partial charge in [-0.15, -0.1) is 0 Å². The molecule has 0 saturated carbocycles. The molecular formula is C40H33FN2+2. The van der Waals surface area contributed by atoms with E-state index in [-0.39, 0.29) is 17.8 Å². The van der Waals surface area contributed by atoms with E-state index < -0.39 is 5.41 Å². The molecule has 2 unspecified atom stereocenters. The lowest BCUT2D eigenvalue weighted by molar-refractivity contribution is -0.719. The summed E-state index contributed by atoms with van der Waals surface area (Å²) in [4.78, 5) is 0. The fraction of sp³-hybridized carbons (Fsp3) is 0.200. The van der Waals surface area contributed by atoms with Crippen molar-refractivity contribution in [1.29, 1.82) is 0 Å². The molecule has 0 radical (unpaired) electrons. The summed E-state index contributed by atoms with van der Waals surface area (Å²) in [5, 5.41) is 4.95. The lowest BCUT2D eigenvalue weighted by Gasteiger charge is -2.40. The van der Waals surface area contributed by atoms with Crippen LogP contribution >= 0.6 is 0 Å². The number of aromatic nitrogens is 2. The van der Waals surface area contributed by atoms with Crippen LogP contribution in [0.5, 0.6) is 0 Å². The van der Waals surface area contributed by atoms with Gasteiger partial charge in [-0.25, -0.2) is 4.39 Å². The average Bonchev–Trinajstić information content (AvgIpc) is 3.02. The number of hydrogen-bond acceptors (Lipinski definition) is 0. The number of halogens is 1. The minimum absolute atomic E-state index is 0.105. The van der Waals surface area contributed by atoms with Gasteiger partial charge in [-0.2, -0.15) is 9.13 Å². The molecule has 1 aliphatic carbocycles. The first-order valence-electron chi connectivity index (χ1n) is 15.4. The molecule has 0 fully saturated rings. The van der Waals surface area contributed by atoms with E-state index in [0.29, 0.717) is 0 Å². The Bertz CT molecular complexity index is 2190. The molecular weight excluding hydrogens is 527 g/mol. The third-order valence-electron chi connectivity index (χ3n) is 10.6. The molecule has 9 rings (SSSR count). The zero-order valence-electron chi connectivity index (χ0n) is 24.6. The molecule has 0 spiro atoms. The number of pyridine rings is 2. The molecule has 4 heterocycles. The predicted octanol–water partition coefficient (Wildman–Crippen LogP) is 8.83. The van der Waals surface area contributed by atoms with E-state index in [1.165, 1.54) is 55.2 Å². The van der Waals surface area contributed by atoms with Crippen LogP contribution in [0.1, 0.15) is 60.9 Å². The minimum Gasteiger partial charge on any atom is -0.207 e. The number of fused-ring (bicyclic) bond motifs is 8. The lowest BCUT2D eigenvalue weighted by Crippen LogP contribution is -2.51. The second-order valence-corrected chi connectivity index (χ2v) is 13.1. The highest BCUT2D eigenvalue weighted by Gasteiger charge is 2.49. The van der Waals surface area contributed by atoms with Gasteiger partial charge in [-0.05, 0) is 65.1 Å². The summed E-state index contributed by atoms with van der Waals surface area (Å²) >= 11 is 0. The third kappa shape index (κ3) is 3.28. The summed E-state index contributed by atoms with van der Waals surface area (Å²) in [6.45, 7) is 9.13. The number of aryl methyl sites for hydroxylation is 1. The van der Waals surface area contributed by atoms with Gasteiger partial charge in [0.1, 0.15) is 5.82 Å². The minimum atomic E-state index is -0.435. The number of benzene rings is 4. The Morgan fingerprint density at radius 2 is 1.60 bits per heavy atom. The lowest BCUT2D eigenvalue weighted by atomic mass is 9.65. The maximum absolute atomic E-state index is 16.0. The van der Waals surface area contributed by atoms with Crippen LogP contribution < -0.4 is 9.13 Å². The van der Waals surface area contributed by atoms with Crippen LogP contribution in [0.2, 0.25) is 0 Å². The molecule has 2 nitrogen and oxygen atoms in total. The Morgan fingerprint density at radius 1 is 0.814 bits per heavy atom. The van der Waals surface area contributed by atoms with Crippen molar-refractivity contribution in [2.45, 2.75) is 50.5 Å². The van der Waals surface area contributed by atoms with Gasteiger partial charge in [-0.1, -0.05) is 74.5 Å². The van der Waals surface area contributed by atoms with Crippen molar-refractivity contribution in [2.75, 3.05) is 0 Å². The number of nitrogens with zero attached hydrogens (tertiary/aromatic N) is 2. The Hall–Kier alpha value is -4.63. The summed E-state index contributed by atoms with van der Waals surface area (Å²) in [6.07, 6.45) is 7.17. The first-order chi connectivity index (χ1) is 20.9. The fourth-order valence-corrected chi connectivity index (χ4v) is 8.66. The highest BCUT2D eigenvalue weighted by molar-refractivity contribution is 6.01. The van der Waals surface area contributed by atoms with E-state index >= 15 is 4.39 Å². The summed E-state index contributed by atoms with van der Waals surface area (Å²) in [7, 11) is 0. The Kier molecular flexibility index (Phi) is 5.04. The van der Waals surface area contributed by atoms with Crippen molar-refractivity contribution in [3.63, 3.8) is 0 Å². The van der Waals surface area contributed by atoms with Crippen molar-refractivity contribution in [3.8, 4) is 22.5 Å². The van der Waals surface area contributed by atoms with Gasteiger partial charge in [0.25, 0.3) is 0 Å². The van der Waals surface area contributed by atoms with Gasteiger partial charge in [-0.3, -0.25) is 0 Å². The molecule has 4 aromatic carbocycles. The quantitative estimate of drug-likeness (QED) is 0.164. The largest absolute Gasteiger partial charge is 0.226 e. The van der Waals surface area contributed by atoms with Crippen LogP contribution in [0.15, 0.2) is 110 Å². The fourth-order valence-electron chi connectivity index (χ4n) is 8.66. The predicted molar refractivity (Wildman–Crippen MR) is 171 cm³/mol. The Morgan fingerprint density at radius 3 is 2.51 bits per heavy atom. The van der Waals surface area contributed by atoms with Crippen LogP contribution in [-0.4, -0.2) is 0 Å². The summed E-state index contributed by atoms with van der Waals surface area (Å²) in [5.41, 5.74) is 10.1. The van der Waals surface area contributed by atoms with Gasteiger partial charge in [0.05, 0.1) is 28.3 Å². The maximum Gasteiger partial charge on any atom is 0.226 e. The molecule has 43 heavy (non-hydrogen) atoms. The van der Waals surface area contributed by atoms with E-state index in [9.17, 15) is 0 Å². The monoisotopic (exact) mass is 560 g/mol. The molecule has 208 valence electrons. The molecule has 2 aromatic heterocycles. The average molecular weight is 561 g/mol. The molecule has 0 bridgehead atoms. The first kappa shape index (κ1) is 24.9. The van der Waals surface area contributed by atoms with Crippen molar-refractivity contribution < 1.29 is 13.5 Å². The van der Waals surface area contributed by atoms with Crippen molar-refractivity contribution in [2.24, 2.45) is 0 Å². The van der Waals surface area contributed by atoms with Gasteiger partial charge in [0.2, 0.25) is 11.4 Å². The van der Waals surface area contributed by atoms with E-state index in [0.717, 1.165) is 36.1 Å². The summed E-state index contributed by atoms with van der Waals surface area (Å²) in [6, 6.07) is 32.5. The van der Waals surface area contributed by atoms with E-state index in [2.05, 4.69) is 120 Å². The zero-order valence-corrected chi connectivity index (χ0v) is 24.6. The molecule has 3 aliphatic rings. The SMILES string of the molecule is C=C1CC2C(CCc3ccccc3-c3c4ccccc4cc[n+]31)c1ccc(F)c3c1-c1c4c(cccc4cc[n+]12)C3(C)C. The van der Waals surface area contributed by atoms with Crippen LogP contribution in [0.4, 0.5) is 4.39 Å². The first-order valence-corrected chi connectivity index (χ1v) is 15.4. The topological polar surface area (TPSA) is 7.76 Å². The standard InChI is InChI=1S/C40H33FN2/c1-24-23-34-30(16-15-25-9-4-6-12-28(25)38-29-13-7-5-10-26(29)19-21-42(24)38)31-17-18-33(41)37-36(31)39-35-27(20-22-43(34)39)11-8-14-32(35)40(37,2)3/h4-14,17-22,30,34H,1,15-16,23H2,2-3H3/q+2. The van der Waals surface area contributed by atoms with E-state index in [4.69, 9.17) is 6.58 Å². The second-order valence-electron chi connectivity index (χ2n) is 13.1. The second kappa shape index (κ2) is 8.70. The third-order valence-corrected chi connectivity index (χ3v) is 10.6. The van der Waals surface area contributed by atoms with Crippen LogP contribution in [0.25, 0.3) is 49.8 Å². The number of allylic oxidation sites excluding steroid dienone is 1. The summed E-state index contributed by atoms with van der Waals surface area (Å²) < 4.78 is 20.8. The van der Waals surface area contributed by atoms with Crippen LogP contribution in [0, 0.1) is 5.82 Å². The van der Waals surface area contributed by atoms with E-state index in [1.54, 1.807) is 6.07 Å². The molecule has 0 amide bonds. The number of rotatable bonds is 0. The molecule has 0 N–H and O–H groups in total. The summed E-state index contributed by atoms with van der Waals surface area (Å²) in [5.74, 6) is 0.115. The smallest absolute Gasteiger partial charge is 0.207 e. The van der Waals surface area contributed by atoms with Crippen LogP contribution in [-0.2, 0) is 11.8 Å². The zero-order chi connectivity index (χ0) is 29.0. The van der Waals surface area contributed by atoms with Gasteiger partial charge < -0.3 is 0 Å². The van der Waals surface area contributed by atoms with Crippen molar-refractivity contribution in [1.82, 2.24) is 0 Å². The molecule has 6 aromatic rings. The highest BCUT2D eigenvalue weighted by atomic mass is 19.1. The van der Waals surface area contributed by atoms with Gasteiger partial charge in [0, 0.05) is 29.0 Å². The Balaban J connectivity index is 1.34. The molecule has 2 atom stereocenters. The molecule has 0 saturated heterocycles. The van der Waals surface area contributed by atoms with Crippen molar-refractivity contribution >= 4 is 27.2 Å². The van der Waals surface area contributed by atoms with Gasteiger partial charge >= 0.3 is 0 Å².